The van der Waals surface area contributed by atoms with Crippen molar-refractivity contribution in [3.63, 3.8) is 0 Å². The average Bonchev–Trinajstić information content (AvgIpc) is 2.32. The van der Waals surface area contributed by atoms with E-state index in [2.05, 4.69) is 14.7 Å². The van der Waals surface area contributed by atoms with Gasteiger partial charge in [0.25, 0.3) is 0 Å². The van der Waals surface area contributed by atoms with Gasteiger partial charge in [-0.05, 0) is 6.92 Å². The Morgan fingerprint density at radius 2 is 2.15 bits per heavy atom. The summed E-state index contributed by atoms with van der Waals surface area (Å²) in [5.41, 5.74) is 0. The van der Waals surface area contributed by atoms with Gasteiger partial charge in [0.05, 0.1) is 6.42 Å². The number of hydrogen-bond acceptors (Lipinski definition) is 4. The fraction of sp³-hybridized carbons (Fsp3) is 0.500. The summed E-state index contributed by atoms with van der Waals surface area (Å²) in [4.78, 5) is 13.5. The lowest BCUT2D eigenvalue weighted by molar-refractivity contribution is -0.159. The van der Waals surface area contributed by atoms with Crippen molar-refractivity contribution in [3.8, 4) is 0 Å². The molecule has 0 saturated carbocycles. The summed E-state index contributed by atoms with van der Waals surface area (Å²) in [7, 11) is 0. The highest BCUT2D eigenvalue weighted by atomic mass is 19.4. The van der Waals surface area contributed by atoms with Crippen molar-refractivity contribution in [2.45, 2.75) is 19.5 Å². The van der Waals surface area contributed by atoms with Gasteiger partial charge in [0.2, 0.25) is 0 Å². The number of hydrogen-bond donors (Lipinski definition) is 0. The van der Waals surface area contributed by atoms with Crippen LogP contribution in [0.3, 0.4) is 0 Å². The highest BCUT2D eigenvalue weighted by Crippen LogP contribution is 2.27. The minimum absolute atomic E-state index is 0.250. The van der Waals surface area contributed by atoms with E-state index >= 15 is 0 Å². The number of alkyl halides is 3. The van der Waals surface area contributed by atoms with Gasteiger partial charge >= 0.3 is 12.1 Å². The lowest BCUT2D eigenvalue weighted by Crippen LogP contribution is -2.06. The van der Waals surface area contributed by atoms with Crippen LogP contribution in [0.2, 0.25) is 0 Å². The predicted molar refractivity (Wildman–Crippen MR) is 33.7 cm³/mol. The van der Waals surface area contributed by atoms with Crippen molar-refractivity contribution in [3.05, 3.63) is 11.7 Å². The number of carbonyl (C=O) groups excluding carboxylic acids is 1. The summed E-state index contributed by atoms with van der Waals surface area (Å²) >= 11 is 0. The van der Waals surface area contributed by atoms with Gasteiger partial charge in [0.15, 0.2) is 5.82 Å². The van der Waals surface area contributed by atoms with Gasteiger partial charge in [-0.2, -0.15) is 18.2 Å². The number of rotatable bonds is 2. The van der Waals surface area contributed by atoms with Gasteiger partial charge in [-0.15, -0.1) is 0 Å². The topological polar surface area (TPSA) is 56.0 Å². The van der Waals surface area contributed by atoms with Crippen LogP contribution in [-0.2, 0) is 17.4 Å². The Hall–Kier alpha value is -1.40. The summed E-state index contributed by atoms with van der Waals surface area (Å²) in [6.45, 7) is 1.23. The van der Waals surface area contributed by atoms with Crippen LogP contribution in [-0.4, -0.2) is 15.9 Å². The van der Waals surface area contributed by atoms with Crippen LogP contribution in [0.4, 0.5) is 13.2 Å². The molecule has 7 heteroatoms. The SMILES string of the molecule is CC(=O)Cc1noc(C(F)(F)F)n1. The maximum Gasteiger partial charge on any atom is 0.471 e. The zero-order valence-electron chi connectivity index (χ0n) is 6.55. The van der Waals surface area contributed by atoms with Crippen LogP contribution in [0.15, 0.2) is 4.52 Å². The van der Waals surface area contributed by atoms with Gasteiger partial charge in [-0.25, -0.2) is 0 Å². The fourth-order valence-corrected chi connectivity index (χ4v) is 0.664. The normalized spacial score (nSPS) is 11.7. The molecule has 0 saturated heterocycles. The van der Waals surface area contributed by atoms with E-state index in [4.69, 9.17) is 0 Å². The molecule has 13 heavy (non-hydrogen) atoms. The predicted octanol–water partition coefficient (Wildman–Crippen LogP) is 1.22. The number of Topliss-reactive ketones (excluding diaryl/α,β-unsaturated/α-hetero) is 1. The highest BCUT2D eigenvalue weighted by Gasteiger charge is 2.38. The Morgan fingerprint density at radius 1 is 1.54 bits per heavy atom. The Bertz CT molecular complexity index is 318. The van der Waals surface area contributed by atoms with Crippen molar-refractivity contribution in [2.75, 3.05) is 0 Å². The Kier molecular flexibility index (Phi) is 2.35. The van der Waals surface area contributed by atoms with Gasteiger partial charge in [0, 0.05) is 0 Å². The van der Waals surface area contributed by atoms with Crippen molar-refractivity contribution in [1.29, 1.82) is 0 Å². The molecule has 1 heterocycles. The molecule has 0 aromatic carbocycles. The zero-order valence-corrected chi connectivity index (χ0v) is 6.55. The van der Waals surface area contributed by atoms with E-state index in [9.17, 15) is 18.0 Å². The second-order valence-corrected chi connectivity index (χ2v) is 2.39. The van der Waals surface area contributed by atoms with Crippen molar-refractivity contribution >= 4 is 5.78 Å². The van der Waals surface area contributed by atoms with Crippen LogP contribution in [0.25, 0.3) is 0 Å². The monoisotopic (exact) mass is 194 g/mol. The molecule has 0 aliphatic rings. The number of aromatic nitrogens is 2. The van der Waals surface area contributed by atoms with E-state index in [1.54, 1.807) is 0 Å². The molecule has 4 nitrogen and oxygen atoms in total. The number of nitrogens with zero attached hydrogens (tertiary/aromatic N) is 2. The van der Waals surface area contributed by atoms with E-state index < -0.39 is 12.1 Å². The molecule has 0 spiro atoms. The average molecular weight is 194 g/mol. The maximum atomic E-state index is 11.9. The van der Waals surface area contributed by atoms with Crippen LogP contribution >= 0.6 is 0 Å². The van der Waals surface area contributed by atoms with E-state index in [1.807, 2.05) is 0 Å². The summed E-state index contributed by atoms with van der Waals surface area (Å²) in [5, 5.41) is 3.00. The lowest BCUT2D eigenvalue weighted by atomic mass is 10.3. The third-order valence-electron chi connectivity index (χ3n) is 1.12. The third kappa shape index (κ3) is 2.53. The number of ketones is 1. The Balaban J connectivity index is 2.81. The molecule has 0 atom stereocenters. The third-order valence-corrected chi connectivity index (χ3v) is 1.12. The second-order valence-electron chi connectivity index (χ2n) is 2.39. The molecule has 1 aromatic heterocycles. The van der Waals surface area contributed by atoms with E-state index in [-0.39, 0.29) is 18.0 Å². The maximum absolute atomic E-state index is 11.9. The molecule has 1 rings (SSSR count). The first kappa shape index (κ1) is 9.69. The molecule has 0 bridgehead atoms. The first-order valence-corrected chi connectivity index (χ1v) is 3.29. The molecule has 0 N–H and O–H groups in total. The molecule has 0 fully saturated rings. The smallest absolute Gasteiger partial charge is 0.329 e. The highest BCUT2D eigenvalue weighted by molar-refractivity contribution is 5.77. The quantitative estimate of drug-likeness (QED) is 0.710. The molecule has 0 aliphatic heterocycles. The summed E-state index contributed by atoms with van der Waals surface area (Å²) in [6, 6.07) is 0. The standard InChI is InChI=1S/C6H5F3N2O2/c1-3(12)2-4-10-5(13-11-4)6(7,8)9/h2H2,1H3. The van der Waals surface area contributed by atoms with E-state index in [1.165, 1.54) is 6.92 Å². The number of carbonyl (C=O) groups is 1. The minimum atomic E-state index is -4.65. The Morgan fingerprint density at radius 3 is 2.54 bits per heavy atom. The molecule has 1 aromatic rings. The molecule has 0 radical (unpaired) electrons. The Labute approximate surface area is 70.7 Å². The minimum Gasteiger partial charge on any atom is -0.329 e. The van der Waals surface area contributed by atoms with Gasteiger partial charge in [-0.1, -0.05) is 5.16 Å². The molecule has 0 unspecified atom stereocenters. The van der Waals surface area contributed by atoms with Crippen LogP contribution < -0.4 is 0 Å². The lowest BCUT2D eigenvalue weighted by Gasteiger charge is -1.95. The molecule has 72 valence electrons. The molecule has 0 aliphatic carbocycles. The van der Waals surface area contributed by atoms with Crippen LogP contribution in [0.5, 0.6) is 0 Å². The molecular formula is C6H5F3N2O2. The summed E-state index contributed by atoms with van der Waals surface area (Å²) in [5.74, 6) is -2.00. The summed E-state index contributed by atoms with van der Waals surface area (Å²) in [6.07, 6.45) is -4.90. The molecular weight excluding hydrogens is 189 g/mol. The first-order valence-electron chi connectivity index (χ1n) is 3.29. The van der Waals surface area contributed by atoms with Crippen LogP contribution in [0.1, 0.15) is 18.6 Å². The van der Waals surface area contributed by atoms with E-state index in [0.29, 0.717) is 0 Å². The van der Waals surface area contributed by atoms with Crippen molar-refractivity contribution in [1.82, 2.24) is 10.1 Å². The first-order chi connectivity index (χ1) is 5.89. The molecule has 0 amide bonds. The second kappa shape index (κ2) is 3.15. The van der Waals surface area contributed by atoms with Gasteiger partial charge in [-0.3, -0.25) is 4.79 Å². The van der Waals surface area contributed by atoms with Crippen molar-refractivity contribution < 1.29 is 22.5 Å². The van der Waals surface area contributed by atoms with Crippen molar-refractivity contribution in [2.24, 2.45) is 0 Å². The van der Waals surface area contributed by atoms with E-state index in [0.717, 1.165) is 0 Å². The summed E-state index contributed by atoms with van der Waals surface area (Å²) < 4.78 is 39.5. The zero-order chi connectivity index (χ0) is 10.1. The fourth-order valence-electron chi connectivity index (χ4n) is 0.664. The number of halogens is 3. The largest absolute Gasteiger partial charge is 0.471 e. The van der Waals surface area contributed by atoms with Crippen LogP contribution in [0, 0.1) is 0 Å². The van der Waals surface area contributed by atoms with Gasteiger partial charge < -0.3 is 4.52 Å². The van der Waals surface area contributed by atoms with Gasteiger partial charge in [0.1, 0.15) is 5.78 Å².